The van der Waals surface area contributed by atoms with Crippen molar-refractivity contribution in [2.75, 3.05) is 0 Å². The molecule has 102 valence electrons. The van der Waals surface area contributed by atoms with Crippen LogP contribution in [0.15, 0.2) is 42.7 Å². The molecule has 1 heterocycles. The van der Waals surface area contributed by atoms with Gasteiger partial charge in [0.15, 0.2) is 0 Å². The van der Waals surface area contributed by atoms with Gasteiger partial charge in [0.1, 0.15) is 5.82 Å². The zero-order chi connectivity index (χ0) is 13.5. The van der Waals surface area contributed by atoms with Crippen molar-refractivity contribution in [2.45, 2.75) is 45.2 Å². The van der Waals surface area contributed by atoms with Crippen LogP contribution in [-0.4, -0.2) is 15.6 Å². The van der Waals surface area contributed by atoms with E-state index in [2.05, 4.69) is 46.8 Å². The van der Waals surface area contributed by atoms with Gasteiger partial charge in [-0.25, -0.2) is 4.98 Å². The van der Waals surface area contributed by atoms with E-state index in [-0.39, 0.29) is 6.04 Å². The van der Waals surface area contributed by atoms with Crippen LogP contribution in [0.4, 0.5) is 0 Å². The Morgan fingerprint density at radius 2 is 2.05 bits per heavy atom. The summed E-state index contributed by atoms with van der Waals surface area (Å²) in [6, 6.07) is 10.8. The zero-order valence-electron chi connectivity index (χ0n) is 11.6. The summed E-state index contributed by atoms with van der Waals surface area (Å²) in [6.45, 7) is 3.10. The van der Waals surface area contributed by atoms with Gasteiger partial charge in [0, 0.05) is 31.4 Å². The number of rotatable bonds is 7. The molecule has 2 N–H and O–H groups in total. The molecule has 0 aliphatic carbocycles. The molecular weight excluding hydrogens is 234 g/mol. The van der Waals surface area contributed by atoms with E-state index < -0.39 is 0 Å². The molecule has 0 spiro atoms. The Kier molecular flexibility index (Phi) is 5.16. The average Bonchev–Trinajstić information content (AvgIpc) is 2.87. The second-order valence-corrected chi connectivity index (χ2v) is 4.97. The lowest BCUT2D eigenvalue weighted by Crippen LogP contribution is -2.24. The molecule has 1 unspecified atom stereocenters. The van der Waals surface area contributed by atoms with Gasteiger partial charge in [-0.15, -0.1) is 0 Å². The predicted octanol–water partition coefficient (Wildman–Crippen LogP) is 2.80. The maximum Gasteiger partial charge on any atom is 0.110 e. The van der Waals surface area contributed by atoms with Gasteiger partial charge in [-0.2, -0.15) is 0 Å². The van der Waals surface area contributed by atoms with Gasteiger partial charge in [0.25, 0.3) is 0 Å². The molecule has 0 aliphatic rings. The van der Waals surface area contributed by atoms with E-state index in [1.165, 1.54) is 5.56 Å². The number of nitrogens with zero attached hydrogens (tertiary/aromatic N) is 2. The predicted molar refractivity (Wildman–Crippen MR) is 79.0 cm³/mol. The Hall–Kier alpha value is -1.61. The van der Waals surface area contributed by atoms with Crippen molar-refractivity contribution >= 4 is 0 Å². The van der Waals surface area contributed by atoms with Crippen molar-refractivity contribution in [1.82, 2.24) is 9.55 Å². The number of imidazole rings is 1. The van der Waals surface area contributed by atoms with E-state index in [1.807, 2.05) is 12.4 Å². The summed E-state index contributed by atoms with van der Waals surface area (Å²) >= 11 is 0. The highest BCUT2D eigenvalue weighted by atomic mass is 15.1. The largest absolute Gasteiger partial charge is 0.335 e. The number of aromatic nitrogens is 2. The Labute approximate surface area is 115 Å². The zero-order valence-corrected chi connectivity index (χ0v) is 11.6. The summed E-state index contributed by atoms with van der Waals surface area (Å²) in [5, 5.41) is 0. The quantitative estimate of drug-likeness (QED) is 0.829. The normalized spacial score (nSPS) is 12.5. The fourth-order valence-corrected chi connectivity index (χ4v) is 2.37. The van der Waals surface area contributed by atoms with Gasteiger partial charge in [0.2, 0.25) is 0 Å². The SMILES string of the molecule is CCn1ccnc1CC(N)CCCc1ccccc1. The summed E-state index contributed by atoms with van der Waals surface area (Å²) in [7, 11) is 0. The van der Waals surface area contributed by atoms with Crippen molar-refractivity contribution in [1.29, 1.82) is 0 Å². The Bertz CT molecular complexity index is 476. The molecule has 2 aromatic rings. The third-order valence-electron chi connectivity index (χ3n) is 3.47. The van der Waals surface area contributed by atoms with Crippen LogP contribution in [0, 0.1) is 0 Å². The molecule has 0 saturated carbocycles. The molecule has 0 saturated heterocycles. The lowest BCUT2D eigenvalue weighted by molar-refractivity contribution is 0.549. The lowest BCUT2D eigenvalue weighted by Gasteiger charge is -2.12. The van der Waals surface area contributed by atoms with Crippen molar-refractivity contribution in [2.24, 2.45) is 5.73 Å². The van der Waals surface area contributed by atoms with E-state index in [0.29, 0.717) is 0 Å². The first-order valence-corrected chi connectivity index (χ1v) is 7.09. The molecule has 3 nitrogen and oxygen atoms in total. The first-order valence-electron chi connectivity index (χ1n) is 7.09. The molecule has 2 rings (SSSR count). The van der Waals surface area contributed by atoms with Crippen molar-refractivity contribution in [3.05, 3.63) is 54.1 Å². The Morgan fingerprint density at radius 1 is 1.26 bits per heavy atom. The van der Waals surface area contributed by atoms with E-state index in [1.54, 1.807) is 0 Å². The summed E-state index contributed by atoms with van der Waals surface area (Å²) in [5.74, 6) is 1.11. The van der Waals surface area contributed by atoms with Crippen LogP contribution in [0.1, 0.15) is 31.2 Å². The van der Waals surface area contributed by atoms with E-state index in [9.17, 15) is 0 Å². The minimum Gasteiger partial charge on any atom is -0.335 e. The van der Waals surface area contributed by atoms with Crippen molar-refractivity contribution in [3.63, 3.8) is 0 Å². The summed E-state index contributed by atoms with van der Waals surface area (Å²) < 4.78 is 2.16. The van der Waals surface area contributed by atoms with Gasteiger partial charge in [-0.3, -0.25) is 0 Å². The lowest BCUT2D eigenvalue weighted by atomic mass is 10.0. The average molecular weight is 257 g/mol. The number of nitrogens with two attached hydrogens (primary N) is 1. The number of hydrogen-bond donors (Lipinski definition) is 1. The Balaban J connectivity index is 1.74. The minimum atomic E-state index is 0.205. The van der Waals surface area contributed by atoms with Crippen molar-refractivity contribution < 1.29 is 0 Å². The smallest absolute Gasteiger partial charge is 0.110 e. The van der Waals surface area contributed by atoms with Crippen LogP contribution in [0.25, 0.3) is 0 Å². The molecular formula is C16H23N3. The standard InChI is InChI=1S/C16H23N3/c1-2-19-12-11-18-16(19)13-15(17)10-6-9-14-7-4-3-5-8-14/h3-5,7-8,11-12,15H,2,6,9-10,13,17H2,1H3. The molecule has 19 heavy (non-hydrogen) atoms. The molecule has 0 aliphatic heterocycles. The first-order chi connectivity index (χ1) is 9.29. The summed E-state index contributed by atoms with van der Waals surface area (Å²) in [4.78, 5) is 4.38. The van der Waals surface area contributed by atoms with Crippen molar-refractivity contribution in [3.8, 4) is 0 Å². The molecule has 0 bridgehead atoms. The third kappa shape index (κ3) is 4.21. The van der Waals surface area contributed by atoms with Crippen LogP contribution >= 0.6 is 0 Å². The second-order valence-electron chi connectivity index (χ2n) is 4.97. The van der Waals surface area contributed by atoms with Crippen LogP contribution in [-0.2, 0) is 19.4 Å². The number of aryl methyl sites for hydroxylation is 2. The van der Waals surface area contributed by atoms with Gasteiger partial charge >= 0.3 is 0 Å². The molecule has 3 heteroatoms. The number of hydrogen-bond acceptors (Lipinski definition) is 2. The van der Waals surface area contributed by atoms with Gasteiger partial charge < -0.3 is 10.3 Å². The molecule has 1 atom stereocenters. The first kappa shape index (κ1) is 13.8. The fourth-order valence-electron chi connectivity index (χ4n) is 2.37. The van der Waals surface area contributed by atoms with Gasteiger partial charge in [-0.05, 0) is 31.7 Å². The van der Waals surface area contributed by atoms with Crippen LogP contribution in [0.2, 0.25) is 0 Å². The topological polar surface area (TPSA) is 43.8 Å². The van der Waals surface area contributed by atoms with Crippen LogP contribution < -0.4 is 5.73 Å². The third-order valence-corrected chi connectivity index (χ3v) is 3.47. The molecule has 0 amide bonds. The van der Waals surface area contributed by atoms with Gasteiger partial charge in [0.05, 0.1) is 0 Å². The number of benzene rings is 1. The fraction of sp³-hybridized carbons (Fsp3) is 0.438. The van der Waals surface area contributed by atoms with Gasteiger partial charge in [-0.1, -0.05) is 30.3 Å². The second kappa shape index (κ2) is 7.10. The molecule has 1 aromatic heterocycles. The highest BCUT2D eigenvalue weighted by Gasteiger charge is 2.08. The minimum absolute atomic E-state index is 0.205. The van der Waals surface area contributed by atoms with E-state index >= 15 is 0 Å². The molecule has 0 fully saturated rings. The highest BCUT2D eigenvalue weighted by Crippen LogP contribution is 2.09. The highest BCUT2D eigenvalue weighted by molar-refractivity contribution is 5.14. The summed E-state index contributed by atoms with van der Waals surface area (Å²) in [6.07, 6.45) is 8.04. The Morgan fingerprint density at radius 3 is 2.79 bits per heavy atom. The van der Waals surface area contributed by atoms with E-state index in [0.717, 1.165) is 38.1 Å². The van der Waals surface area contributed by atoms with Crippen LogP contribution in [0.3, 0.4) is 0 Å². The van der Waals surface area contributed by atoms with Crippen LogP contribution in [0.5, 0.6) is 0 Å². The monoisotopic (exact) mass is 257 g/mol. The maximum absolute atomic E-state index is 6.20. The molecule has 0 radical (unpaired) electrons. The summed E-state index contributed by atoms with van der Waals surface area (Å²) in [5.41, 5.74) is 7.59. The molecule has 1 aromatic carbocycles. The van der Waals surface area contributed by atoms with E-state index in [4.69, 9.17) is 5.73 Å². The maximum atomic E-state index is 6.20.